The van der Waals surface area contributed by atoms with Crippen molar-refractivity contribution in [3.8, 4) is 0 Å². The number of rotatable bonds is 4. The smallest absolute Gasteiger partial charge is 0.0438 e. The van der Waals surface area contributed by atoms with Gasteiger partial charge in [-0.25, -0.2) is 0 Å². The van der Waals surface area contributed by atoms with Crippen molar-refractivity contribution in [3.63, 3.8) is 0 Å². The Kier molecular flexibility index (Phi) is 4.03. The van der Waals surface area contributed by atoms with Crippen LogP contribution in [0.4, 0.5) is 5.69 Å². The normalized spacial score (nSPS) is 14.9. The summed E-state index contributed by atoms with van der Waals surface area (Å²) in [6.45, 7) is 5.41. The number of allylic oxidation sites excluding steroid dienone is 2. The molecule has 0 atom stereocenters. The van der Waals surface area contributed by atoms with Gasteiger partial charge in [-0.2, -0.15) is 0 Å². The average Bonchev–Trinajstić information content (AvgIpc) is 2.38. The Morgan fingerprint density at radius 2 is 2.06 bits per heavy atom. The van der Waals surface area contributed by atoms with E-state index in [2.05, 4.69) is 61.4 Å². The van der Waals surface area contributed by atoms with E-state index >= 15 is 0 Å². The van der Waals surface area contributed by atoms with Gasteiger partial charge in [0.25, 0.3) is 0 Å². The molecule has 1 aromatic rings. The summed E-state index contributed by atoms with van der Waals surface area (Å²) < 4.78 is 0. The highest BCUT2D eigenvalue weighted by Gasteiger charge is 2.08. The first kappa shape index (κ1) is 12.0. The highest BCUT2D eigenvalue weighted by Crippen LogP contribution is 2.23. The Morgan fingerprint density at radius 1 is 1.24 bits per heavy atom. The van der Waals surface area contributed by atoms with Crippen LogP contribution in [0.3, 0.4) is 0 Å². The number of para-hydroxylation sites is 1. The van der Waals surface area contributed by atoms with E-state index in [0.29, 0.717) is 0 Å². The van der Waals surface area contributed by atoms with Crippen molar-refractivity contribution in [2.75, 3.05) is 11.4 Å². The van der Waals surface area contributed by atoms with Crippen LogP contribution in [-0.2, 0) is 0 Å². The summed E-state index contributed by atoms with van der Waals surface area (Å²) in [5.41, 5.74) is 4.13. The van der Waals surface area contributed by atoms with E-state index in [1.54, 1.807) is 0 Å². The van der Waals surface area contributed by atoms with Gasteiger partial charge in [-0.15, -0.1) is 0 Å². The van der Waals surface area contributed by atoms with Crippen molar-refractivity contribution in [2.24, 2.45) is 0 Å². The molecule has 1 heterocycles. The summed E-state index contributed by atoms with van der Waals surface area (Å²) in [4.78, 5) is 2.31. The Hall–Kier alpha value is -1.50. The first-order chi connectivity index (χ1) is 8.31. The molecule has 0 amide bonds. The predicted octanol–water partition coefficient (Wildman–Crippen LogP) is 4.45. The third-order valence-corrected chi connectivity index (χ3v) is 3.26. The minimum atomic E-state index is 1.00. The minimum absolute atomic E-state index is 1.00. The van der Waals surface area contributed by atoms with Gasteiger partial charge < -0.3 is 4.90 Å². The lowest BCUT2D eigenvalue weighted by Gasteiger charge is -2.24. The average molecular weight is 227 g/mol. The van der Waals surface area contributed by atoms with Gasteiger partial charge >= 0.3 is 0 Å². The van der Waals surface area contributed by atoms with Crippen molar-refractivity contribution in [1.29, 1.82) is 0 Å². The van der Waals surface area contributed by atoms with Gasteiger partial charge in [0.05, 0.1) is 0 Å². The van der Waals surface area contributed by atoms with Crippen molar-refractivity contribution in [2.45, 2.75) is 33.1 Å². The van der Waals surface area contributed by atoms with E-state index in [1.807, 2.05) is 0 Å². The Labute approximate surface area is 104 Å². The molecule has 1 aliphatic heterocycles. The topological polar surface area (TPSA) is 3.24 Å². The number of benzene rings is 1. The fourth-order valence-corrected chi connectivity index (χ4v) is 2.16. The molecule has 0 bridgehead atoms. The maximum atomic E-state index is 2.35. The molecule has 0 N–H and O–H groups in total. The number of anilines is 1. The summed E-state index contributed by atoms with van der Waals surface area (Å²) >= 11 is 0. The van der Waals surface area contributed by atoms with E-state index in [-0.39, 0.29) is 0 Å². The number of aryl methyl sites for hydroxylation is 1. The van der Waals surface area contributed by atoms with Gasteiger partial charge in [-0.3, -0.25) is 0 Å². The molecule has 0 saturated heterocycles. The van der Waals surface area contributed by atoms with Gasteiger partial charge in [-0.1, -0.05) is 37.6 Å². The predicted molar refractivity (Wildman–Crippen MR) is 75.3 cm³/mol. The minimum Gasteiger partial charge on any atom is -0.344 e. The molecule has 2 rings (SSSR count). The maximum absolute atomic E-state index is 2.35. The largest absolute Gasteiger partial charge is 0.344 e. The van der Waals surface area contributed by atoms with E-state index < -0.39 is 0 Å². The van der Waals surface area contributed by atoms with Crippen LogP contribution in [0.2, 0.25) is 0 Å². The second-order valence-electron chi connectivity index (χ2n) is 4.64. The molecular weight excluding hydrogens is 206 g/mol. The highest BCUT2D eigenvalue weighted by molar-refractivity contribution is 5.57. The fraction of sp³-hybridized carbons (Fsp3) is 0.375. The first-order valence-corrected chi connectivity index (χ1v) is 6.50. The van der Waals surface area contributed by atoms with Crippen LogP contribution in [0.15, 0.2) is 48.2 Å². The van der Waals surface area contributed by atoms with Gasteiger partial charge in [0.15, 0.2) is 0 Å². The van der Waals surface area contributed by atoms with Gasteiger partial charge in [0.2, 0.25) is 0 Å². The van der Waals surface area contributed by atoms with Crippen LogP contribution in [0.25, 0.3) is 0 Å². The summed E-state index contributed by atoms with van der Waals surface area (Å²) in [6.07, 6.45) is 10.6. The van der Waals surface area contributed by atoms with E-state index in [1.165, 1.54) is 36.1 Å². The lowest BCUT2D eigenvalue weighted by Crippen LogP contribution is -2.19. The molecule has 0 aliphatic carbocycles. The summed E-state index contributed by atoms with van der Waals surface area (Å²) in [7, 11) is 0. The molecule has 1 heteroatoms. The van der Waals surface area contributed by atoms with Crippen LogP contribution in [0.1, 0.15) is 31.7 Å². The molecule has 0 radical (unpaired) electrons. The van der Waals surface area contributed by atoms with E-state index in [4.69, 9.17) is 0 Å². The van der Waals surface area contributed by atoms with Gasteiger partial charge in [0.1, 0.15) is 0 Å². The molecule has 0 spiro atoms. The van der Waals surface area contributed by atoms with E-state index in [0.717, 1.165) is 6.54 Å². The first-order valence-electron chi connectivity index (χ1n) is 6.50. The monoisotopic (exact) mass is 227 g/mol. The van der Waals surface area contributed by atoms with Crippen LogP contribution in [0.5, 0.6) is 0 Å². The summed E-state index contributed by atoms with van der Waals surface area (Å²) in [6, 6.07) is 8.55. The van der Waals surface area contributed by atoms with Crippen LogP contribution < -0.4 is 4.90 Å². The molecule has 0 unspecified atom stereocenters. The highest BCUT2D eigenvalue weighted by atomic mass is 15.1. The van der Waals surface area contributed by atoms with Crippen molar-refractivity contribution in [1.82, 2.24) is 0 Å². The van der Waals surface area contributed by atoms with Crippen molar-refractivity contribution >= 4 is 5.69 Å². The van der Waals surface area contributed by atoms with Crippen molar-refractivity contribution in [3.05, 3.63) is 53.8 Å². The number of hydrogen-bond acceptors (Lipinski definition) is 1. The molecule has 17 heavy (non-hydrogen) atoms. The number of unbranched alkanes of at least 4 members (excludes halogenated alkanes) is 1. The number of nitrogens with zero attached hydrogens (tertiary/aromatic N) is 1. The Bertz CT molecular complexity index is 429. The SMILES string of the molecule is CCCCC1=CCN(c2ccccc2C)C=C1. The molecule has 1 aromatic carbocycles. The third kappa shape index (κ3) is 3.00. The quantitative estimate of drug-likeness (QED) is 0.734. The maximum Gasteiger partial charge on any atom is 0.0438 e. The molecular formula is C16H21N. The third-order valence-electron chi connectivity index (χ3n) is 3.26. The second-order valence-corrected chi connectivity index (χ2v) is 4.64. The van der Waals surface area contributed by atoms with Crippen LogP contribution in [-0.4, -0.2) is 6.54 Å². The zero-order valence-corrected chi connectivity index (χ0v) is 10.8. The summed E-state index contributed by atoms with van der Waals surface area (Å²) in [5.74, 6) is 0. The molecule has 1 nitrogen and oxygen atoms in total. The fourth-order valence-electron chi connectivity index (χ4n) is 2.16. The number of hydrogen-bond donors (Lipinski definition) is 0. The van der Waals surface area contributed by atoms with Gasteiger partial charge in [0, 0.05) is 18.4 Å². The zero-order valence-electron chi connectivity index (χ0n) is 10.8. The lowest BCUT2D eigenvalue weighted by atomic mass is 10.1. The molecule has 0 aromatic heterocycles. The molecule has 90 valence electrons. The molecule has 1 aliphatic rings. The van der Waals surface area contributed by atoms with Crippen molar-refractivity contribution < 1.29 is 0 Å². The van der Waals surface area contributed by atoms with E-state index in [9.17, 15) is 0 Å². The molecule has 0 fully saturated rings. The lowest BCUT2D eigenvalue weighted by molar-refractivity contribution is 0.791. The van der Waals surface area contributed by atoms with Crippen LogP contribution >= 0.6 is 0 Å². The zero-order chi connectivity index (χ0) is 12.1. The Balaban J connectivity index is 2.03. The molecule has 0 saturated carbocycles. The van der Waals surface area contributed by atoms with Crippen LogP contribution in [0, 0.1) is 6.92 Å². The van der Waals surface area contributed by atoms with Gasteiger partial charge in [-0.05, 0) is 43.0 Å². The second kappa shape index (κ2) is 5.72. The standard InChI is InChI=1S/C16H21N/c1-3-4-8-15-10-12-17(13-11-15)16-9-6-5-7-14(16)2/h5-7,9-12H,3-4,8,13H2,1-2H3. The Morgan fingerprint density at radius 3 is 2.71 bits per heavy atom. The summed E-state index contributed by atoms with van der Waals surface area (Å²) in [5, 5.41) is 0.